The zero-order chi connectivity index (χ0) is 10.1. The number of anilines is 1. The first-order valence-electron chi connectivity index (χ1n) is 4.77. The van der Waals surface area contributed by atoms with E-state index in [1.165, 1.54) is 12.8 Å². The van der Waals surface area contributed by atoms with Gasteiger partial charge >= 0.3 is 0 Å². The number of nitrogen functional groups attached to an aromatic ring is 1. The van der Waals surface area contributed by atoms with Crippen molar-refractivity contribution in [2.75, 3.05) is 12.8 Å². The molecule has 1 fully saturated rings. The second kappa shape index (κ2) is 3.46. The molecule has 76 valence electrons. The predicted octanol–water partition coefficient (Wildman–Crippen LogP) is 1.08. The molecule has 1 saturated carbocycles. The van der Waals surface area contributed by atoms with Gasteiger partial charge < -0.3 is 16.2 Å². The molecule has 1 atom stereocenters. The highest BCUT2D eigenvalue weighted by molar-refractivity contribution is 5.44. The number of nitrogens with two attached hydrogens (primary N) is 2. The number of nitrogens with zero attached hydrogens (tertiary/aromatic N) is 1. The van der Waals surface area contributed by atoms with Crippen LogP contribution in [0.15, 0.2) is 12.3 Å². The molecular formula is C10H15N3O. The van der Waals surface area contributed by atoms with Gasteiger partial charge in [-0.25, -0.2) is 4.98 Å². The lowest BCUT2D eigenvalue weighted by Gasteiger charge is -2.14. The third kappa shape index (κ3) is 1.65. The molecule has 0 aromatic carbocycles. The number of hydrogen-bond acceptors (Lipinski definition) is 4. The molecule has 0 saturated heterocycles. The number of pyridine rings is 1. The van der Waals surface area contributed by atoms with Crippen molar-refractivity contribution in [3.8, 4) is 5.88 Å². The van der Waals surface area contributed by atoms with Crippen molar-refractivity contribution in [2.45, 2.75) is 18.9 Å². The lowest BCUT2D eigenvalue weighted by atomic mass is 10.0. The molecular weight excluding hydrogens is 178 g/mol. The van der Waals surface area contributed by atoms with Crippen molar-refractivity contribution in [1.29, 1.82) is 0 Å². The van der Waals surface area contributed by atoms with Crippen LogP contribution < -0.4 is 16.2 Å². The maximum Gasteiger partial charge on any atom is 0.217 e. The Kier molecular flexibility index (Phi) is 2.29. The summed E-state index contributed by atoms with van der Waals surface area (Å²) in [4.78, 5) is 4.10. The molecule has 2 rings (SSSR count). The molecule has 1 heterocycles. The van der Waals surface area contributed by atoms with Crippen molar-refractivity contribution >= 4 is 5.69 Å². The SMILES string of the molecule is COc1ncc(N)cc1[C@H](N)C1CC1. The minimum atomic E-state index is 0.0148. The highest BCUT2D eigenvalue weighted by Gasteiger charge is 2.31. The normalized spacial score (nSPS) is 17.9. The Labute approximate surface area is 83.3 Å². The van der Waals surface area contributed by atoms with Crippen LogP contribution in [-0.4, -0.2) is 12.1 Å². The zero-order valence-corrected chi connectivity index (χ0v) is 8.23. The molecule has 0 radical (unpaired) electrons. The Balaban J connectivity index is 2.32. The summed E-state index contributed by atoms with van der Waals surface area (Å²) >= 11 is 0. The summed E-state index contributed by atoms with van der Waals surface area (Å²) in [6, 6.07) is 1.87. The summed E-state index contributed by atoms with van der Waals surface area (Å²) in [6.45, 7) is 0. The molecule has 0 amide bonds. The molecule has 0 bridgehead atoms. The first-order chi connectivity index (χ1) is 6.72. The Morgan fingerprint density at radius 1 is 1.57 bits per heavy atom. The van der Waals surface area contributed by atoms with Gasteiger partial charge in [0.1, 0.15) is 0 Å². The molecule has 1 aromatic rings. The third-order valence-corrected chi connectivity index (χ3v) is 2.58. The fraction of sp³-hybridized carbons (Fsp3) is 0.500. The quantitative estimate of drug-likeness (QED) is 0.753. The van der Waals surface area contributed by atoms with Crippen LogP contribution >= 0.6 is 0 Å². The van der Waals surface area contributed by atoms with Gasteiger partial charge in [0.25, 0.3) is 0 Å². The van der Waals surface area contributed by atoms with Gasteiger partial charge in [-0.2, -0.15) is 0 Å². The molecule has 0 unspecified atom stereocenters. The lowest BCUT2D eigenvalue weighted by Crippen LogP contribution is -2.14. The first-order valence-corrected chi connectivity index (χ1v) is 4.77. The average Bonchev–Trinajstić information content (AvgIpc) is 3.00. The Morgan fingerprint density at radius 2 is 2.29 bits per heavy atom. The van der Waals surface area contributed by atoms with Gasteiger partial charge in [0.05, 0.1) is 19.0 Å². The number of ether oxygens (including phenoxy) is 1. The maximum atomic E-state index is 6.07. The summed E-state index contributed by atoms with van der Waals surface area (Å²) < 4.78 is 5.15. The minimum absolute atomic E-state index is 0.0148. The third-order valence-electron chi connectivity index (χ3n) is 2.58. The smallest absolute Gasteiger partial charge is 0.217 e. The summed E-state index contributed by atoms with van der Waals surface area (Å²) in [7, 11) is 1.60. The Morgan fingerprint density at radius 3 is 2.86 bits per heavy atom. The van der Waals surface area contributed by atoms with Gasteiger partial charge in [0.2, 0.25) is 5.88 Å². The van der Waals surface area contributed by atoms with Crippen molar-refractivity contribution in [1.82, 2.24) is 4.98 Å². The van der Waals surface area contributed by atoms with Crippen molar-refractivity contribution in [3.05, 3.63) is 17.8 Å². The van der Waals surface area contributed by atoms with Crippen molar-refractivity contribution in [3.63, 3.8) is 0 Å². The largest absolute Gasteiger partial charge is 0.481 e. The molecule has 1 aliphatic rings. The molecule has 0 spiro atoms. The fourth-order valence-corrected chi connectivity index (χ4v) is 1.60. The van der Waals surface area contributed by atoms with Crippen LogP contribution in [0.2, 0.25) is 0 Å². The Hall–Kier alpha value is -1.29. The molecule has 4 heteroatoms. The van der Waals surface area contributed by atoms with Gasteiger partial charge in [-0.05, 0) is 24.8 Å². The molecule has 4 nitrogen and oxygen atoms in total. The van der Waals surface area contributed by atoms with E-state index in [4.69, 9.17) is 16.2 Å². The molecule has 1 aliphatic carbocycles. The van der Waals surface area contributed by atoms with E-state index < -0.39 is 0 Å². The van der Waals surface area contributed by atoms with E-state index >= 15 is 0 Å². The Bertz CT molecular complexity index is 336. The monoisotopic (exact) mass is 193 g/mol. The highest BCUT2D eigenvalue weighted by atomic mass is 16.5. The second-order valence-electron chi connectivity index (χ2n) is 3.73. The van der Waals surface area contributed by atoms with E-state index in [-0.39, 0.29) is 6.04 Å². The standard InChI is InChI=1S/C10H15N3O/c1-14-10-8(4-7(11)5-13-10)9(12)6-2-3-6/h4-6,9H,2-3,11-12H2,1H3/t9-/m1/s1. The van der Waals surface area contributed by atoms with Crippen molar-refractivity contribution < 1.29 is 4.74 Å². The first kappa shape index (κ1) is 9.27. The molecule has 0 aliphatic heterocycles. The maximum absolute atomic E-state index is 6.07. The van der Waals surface area contributed by atoms with Gasteiger partial charge in [-0.3, -0.25) is 0 Å². The van der Waals surface area contributed by atoms with E-state index in [1.54, 1.807) is 13.3 Å². The van der Waals surface area contributed by atoms with Gasteiger partial charge in [0.15, 0.2) is 0 Å². The van der Waals surface area contributed by atoms with E-state index in [0.29, 0.717) is 17.5 Å². The average molecular weight is 193 g/mol. The number of methoxy groups -OCH3 is 1. The highest BCUT2D eigenvalue weighted by Crippen LogP contribution is 2.41. The fourth-order valence-electron chi connectivity index (χ4n) is 1.60. The molecule has 1 aromatic heterocycles. The minimum Gasteiger partial charge on any atom is -0.481 e. The van der Waals surface area contributed by atoms with Gasteiger partial charge in [0, 0.05) is 11.6 Å². The molecule has 4 N–H and O–H groups in total. The van der Waals surface area contributed by atoms with Crippen LogP contribution in [0.3, 0.4) is 0 Å². The van der Waals surface area contributed by atoms with E-state index in [0.717, 1.165) is 5.56 Å². The van der Waals surface area contributed by atoms with Crippen LogP contribution in [-0.2, 0) is 0 Å². The van der Waals surface area contributed by atoms with E-state index in [9.17, 15) is 0 Å². The van der Waals surface area contributed by atoms with Gasteiger partial charge in [-0.15, -0.1) is 0 Å². The number of aromatic nitrogens is 1. The second-order valence-corrected chi connectivity index (χ2v) is 3.73. The summed E-state index contributed by atoms with van der Waals surface area (Å²) in [5.74, 6) is 1.17. The van der Waals surface area contributed by atoms with Crippen LogP contribution in [0, 0.1) is 5.92 Å². The van der Waals surface area contributed by atoms with Crippen molar-refractivity contribution in [2.24, 2.45) is 11.7 Å². The summed E-state index contributed by atoms with van der Waals surface area (Å²) in [5, 5.41) is 0. The lowest BCUT2D eigenvalue weighted by molar-refractivity contribution is 0.386. The van der Waals surface area contributed by atoms with Gasteiger partial charge in [-0.1, -0.05) is 0 Å². The molecule has 14 heavy (non-hydrogen) atoms. The summed E-state index contributed by atoms with van der Waals surface area (Å²) in [6.07, 6.45) is 3.97. The number of rotatable bonds is 3. The van der Waals surface area contributed by atoms with Crippen LogP contribution in [0.5, 0.6) is 5.88 Å². The van der Waals surface area contributed by atoms with Crippen LogP contribution in [0.25, 0.3) is 0 Å². The van der Waals surface area contributed by atoms with E-state index in [2.05, 4.69) is 4.98 Å². The topological polar surface area (TPSA) is 74.2 Å². The zero-order valence-electron chi connectivity index (χ0n) is 8.23. The summed E-state index contributed by atoms with van der Waals surface area (Å²) in [5.41, 5.74) is 13.3. The van der Waals surface area contributed by atoms with Crippen LogP contribution in [0.4, 0.5) is 5.69 Å². The van der Waals surface area contributed by atoms with Crippen LogP contribution in [0.1, 0.15) is 24.4 Å². The predicted molar refractivity (Wildman–Crippen MR) is 54.9 cm³/mol. The van der Waals surface area contributed by atoms with E-state index in [1.807, 2.05) is 6.07 Å². The number of hydrogen-bond donors (Lipinski definition) is 2.